The summed E-state index contributed by atoms with van der Waals surface area (Å²) in [7, 11) is 0. The Bertz CT molecular complexity index is 659. The van der Waals surface area contributed by atoms with Gasteiger partial charge in [0.25, 0.3) is 0 Å². The maximum absolute atomic E-state index is 12.9. The fourth-order valence-corrected chi connectivity index (χ4v) is 4.03. The Morgan fingerprint density at radius 1 is 0.964 bits per heavy atom. The Hall–Kier alpha value is -1.99. The molecule has 2 atom stereocenters. The van der Waals surface area contributed by atoms with E-state index in [2.05, 4.69) is 27.4 Å². The lowest BCUT2D eigenvalue weighted by molar-refractivity contribution is -0.124. The summed E-state index contributed by atoms with van der Waals surface area (Å²) < 4.78 is 12.9. The van der Waals surface area contributed by atoms with Crippen molar-refractivity contribution in [3.8, 4) is 0 Å². The standard InChI is InChI=1S/C21H31FN4O2/c1-16-4-2-3-5-19(16)24-21(28)15-26-12-10-25(11-13-26)14-20(27)23-18-8-6-17(22)7-9-18/h6-9,16,19H,2-5,10-15H2,1H3,(H,23,27)(H,24,28)/t16-,19-/m1/s1. The molecule has 1 aliphatic carbocycles. The molecule has 0 radical (unpaired) electrons. The van der Waals surface area contributed by atoms with Crippen LogP contribution >= 0.6 is 0 Å². The van der Waals surface area contributed by atoms with Crippen molar-refractivity contribution in [2.75, 3.05) is 44.6 Å². The zero-order valence-electron chi connectivity index (χ0n) is 16.6. The third-order valence-corrected chi connectivity index (χ3v) is 5.79. The summed E-state index contributed by atoms with van der Waals surface area (Å²) in [4.78, 5) is 28.7. The van der Waals surface area contributed by atoms with E-state index >= 15 is 0 Å². The first-order valence-corrected chi connectivity index (χ1v) is 10.3. The number of benzene rings is 1. The average Bonchev–Trinajstić information content (AvgIpc) is 2.67. The summed E-state index contributed by atoms with van der Waals surface area (Å²) in [6.45, 7) is 6.01. The highest BCUT2D eigenvalue weighted by molar-refractivity contribution is 5.92. The van der Waals surface area contributed by atoms with Crippen molar-refractivity contribution in [1.29, 1.82) is 0 Å². The van der Waals surface area contributed by atoms with Crippen LogP contribution in [-0.4, -0.2) is 66.9 Å². The second kappa shape index (κ2) is 9.98. The van der Waals surface area contributed by atoms with Gasteiger partial charge in [-0.25, -0.2) is 4.39 Å². The Labute approximate surface area is 166 Å². The van der Waals surface area contributed by atoms with Gasteiger partial charge in [-0.3, -0.25) is 19.4 Å². The average molecular weight is 391 g/mol. The van der Waals surface area contributed by atoms with Crippen LogP contribution in [0.5, 0.6) is 0 Å². The summed E-state index contributed by atoms with van der Waals surface area (Å²) in [6, 6.07) is 6.08. The lowest BCUT2D eigenvalue weighted by atomic mass is 9.86. The third-order valence-electron chi connectivity index (χ3n) is 5.79. The van der Waals surface area contributed by atoms with E-state index in [1.165, 1.54) is 31.4 Å². The van der Waals surface area contributed by atoms with Gasteiger partial charge < -0.3 is 10.6 Å². The molecule has 1 aromatic carbocycles. The molecule has 2 N–H and O–H groups in total. The zero-order chi connectivity index (χ0) is 19.9. The number of hydrogen-bond donors (Lipinski definition) is 2. The molecule has 1 aliphatic heterocycles. The number of hydrogen-bond acceptors (Lipinski definition) is 4. The smallest absolute Gasteiger partial charge is 0.238 e. The number of carbonyl (C=O) groups is 2. The molecule has 154 valence electrons. The second-order valence-electron chi connectivity index (χ2n) is 8.04. The van der Waals surface area contributed by atoms with Gasteiger partial charge in [0.05, 0.1) is 13.1 Å². The van der Waals surface area contributed by atoms with E-state index in [9.17, 15) is 14.0 Å². The summed E-state index contributed by atoms with van der Waals surface area (Å²) in [6.07, 6.45) is 4.76. The molecule has 28 heavy (non-hydrogen) atoms. The van der Waals surface area contributed by atoms with E-state index in [-0.39, 0.29) is 17.6 Å². The van der Waals surface area contributed by atoms with Crippen LogP contribution in [0.3, 0.4) is 0 Å². The Morgan fingerprint density at radius 3 is 2.14 bits per heavy atom. The molecule has 1 saturated heterocycles. The summed E-state index contributed by atoms with van der Waals surface area (Å²) >= 11 is 0. The maximum Gasteiger partial charge on any atom is 0.238 e. The highest BCUT2D eigenvalue weighted by Crippen LogP contribution is 2.23. The minimum Gasteiger partial charge on any atom is -0.352 e. The molecule has 0 aromatic heterocycles. The van der Waals surface area contributed by atoms with Crippen molar-refractivity contribution >= 4 is 17.5 Å². The molecule has 0 unspecified atom stereocenters. The third kappa shape index (κ3) is 6.27. The van der Waals surface area contributed by atoms with Crippen LogP contribution in [0.15, 0.2) is 24.3 Å². The van der Waals surface area contributed by atoms with Crippen molar-refractivity contribution in [3.63, 3.8) is 0 Å². The van der Waals surface area contributed by atoms with Gasteiger partial charge in [0.1, 0.15) is 5.82 Å². The predicted octanol–water partition coefficient (Wildman–Crippen LogP) is 2.08. The van der Waals surface area contributed by atoms with E-state index in [1.807, 2.05) is 0 Å². The van der Waals surface area contributed by atoms with Gasteiger partial charge in [-0.15, -0.1) is 0 Å². The Kier molecular flexibility index (Phi) is 7.39. The van der Waals surface area contributed by atoms with Crippen molar-refractivity contribution in [2.24, 2.45) is 5.92 Å². The normalized spacial score (nSPS) is 23.9. The number of rotatable bonds is 6. The summed E-state index contributed by atoms with van der Waals surface area (Å²) in [5.41, 5.74) is 0.596. The number of piperazine rings is 1. The quantitative estimate of drug-likeness (QED) is 0.781. The van der Waals surface area contributed by atoms with Crippen LogP contribution in [0.25, 0.3) is 0 Å². The SMILES string of the molecule is C[C@@H]1CCCC[C@H]1NC(=O)CN1CCN(CC(=O)Nc2ccc(F)cc2)CC1. The summed E-state index contributed by atoms with van der Waals surface area (Å²) in [5, 5.41) is 5.99. The van der Waals surface area contributed by atoms with Crippen LogP contribution in [0.2, 0.25) is 0 Å². The number of anilines is 1. The molecule has 7 heteroatoms. The predicted molar refractivity (Wildman–Crippen MR) is 107 cm³/mol. The molecule has 2 fully saturated rings. The first-order valence-electron chi connectivity index (χ1n) is 10.3. The number of halogens is 1. The van der Waals surface area contributed by atoms with Crippen molar-refractivity contribution < 1.29 is 14.0 Å². The topological polar surface area (TPSA) is 64.7 Å². The van der Waals surface area contributed by atoms with E-state index < -0.39 is 0 Å². The van der Waals surface area contributed by atoms with Crippen LogP contribution in [0.4, 0.5) is 10.1 Å². The van der Waals surface area contributed by atoms with Crippen molar-refractivity contribution in [1.82, 2.24) is 15.1 Å². The molecular formula is C21H31FN4O2. The fourth-order valence-electron chi connectivity index (χ4n) is 4.03. The van der Waals surface area contributed by atoms with Crippen LogP contribution < -0.4 is 10.6 Å². The Balaban J connectivity index is 1.35. The molecule has 1 heterocycles. The molecule has 3 rings (SSSR count). The molecule has 2 aliphatic rings. The highest BCUT2D eigenvalue weighted by atomic mass is 19.1. The lowest BCUT2D eigenvalue weighted by Crippen LogP contribution is -2.52. The molecule has 0 spiro atoms. The van der Waals surface area contributed by atoms with E-state index in [4.69, 9.17) is 0 Å². The first-order chi connectivity index (χ1) is 13.5. The van der Waals surface area contributed by atoms with Gasteiger partial charge in [0.15, 0.2) is 0 Å². The number of nitrogens with one attached hydrogen (secondary N) is 2. The molecule has 2 amide bonds. The van der Waals surface area contributed by atoms with Gasteiger partial charge >= 0.3 is 0 Å². The fraction of sp³-hybridized carbons (Fsp3) is 0.619. The van der Waals surface area contributed by atoms with Gasteiger partial charge in [-0.1, -0.05) is 19.8 Å². The van der Waals surface area contributed by atoms with Crippen LogP contribution in [0, 0.1) is 11.7 Å². The maximum atomic E-state index is 12.9. The molecule has 6 nitrogen and oxygen atoms in total. The molecular weight excluding hydrogens is 359 g/mol. The van der Waals surface area contributed by atoms with Crippen LogP contribution in [-0.2, 0) is 9.59 Å². The zero-order valence-corrected chi connectivity index (χ0v) is 16.6. The number of carbonyl (C=O) groups excluding carboxylic acids is 2. The number of amides is 2. The van der Waals surface area contributed by atoms with Crippen LogP contribution in [0.1, 0.15) is 32.6 Å². The van der Waals surface area contributed by atoms with E-state index in [1.54, 1.807) is 12.1 Å². The molecule has 1 aromatic rings. The minimum atomic E-state index is -0.323. The summed E-state index contributed by atoms with van der Waals surface area (Å²) in [5.74, 6) is 0.246. The molecule has 0 bridgehead atoms. The second-order valence-corrected chi connectivity index (χ2v) is 8.04. The number of nitrogens with zero attached hydrogens (tertiary/aromatic N) is 2. The van der Waals surface area contributed by atoms with Crippen molar-refractivity contribution in [2.45, 2.75) is 38.6 Å². The van der Waals surface area contributed by atoms with Gasteiger partial charge in [-0.05, 0) is 43.0 Å². The van der Waals surface area contributed by atoms with E-state index in [0.29, 0.717) is 30.7 Å². The Morgan fingerprint density at radius 2 is 1.54 bits per heavy atom. The van der Waals surface area contributed by atoms with Crippen molar-refractivity contribution in [3.05, 3.63) is 30.1 Å². The highest BCUT2D eigenvalue weighted by Gasteiger charge is 2.25. The lowest BCUT2D eigenvalue weighted by Gasteiger charge is -2.35. The largest absolute Gasteiger partial charge is 0.352 e. The first kappa shape index (κ1) is 20.7. The molecule has 1 saturated carbocycles. The van der Waals surface area contributed by atoms with Gasteiger partial charge in [0, 0.05) is 37.9 Å². The van der Waals surface area contributed by atoms with Gasteiger partial charge in [0.2, 0.25) is 11.8 Å². The monoisotopic (exact) mass is 390 g/mol. The van der Waals surface area contributed by atoms with Gasteiger partial charge in [-0.2, -0.15) is 0 Å². The minimum absolute atomic E-state index is 0.107. The van der Waals surface area contributed by atoms with E-state index in [0.717, 1.165) is 32.6 Å².